The van der Waals surface area contributed by atoms with Crippen molar-refractivity contribution in [1.29, 1.82) is 0 Å². The number of carbonyl (C=O) groups is 2. The number of rotatable bonds is 5. The Kier molecular flexibility index (Phi) is 6.10. The standard InChI is InChI=1S/C14H24F2N2O4/c1-13(2,3)22-12(21)17-10(11(19)20)5-8-18-7-4-6-14(15,16)9-18/h10H,4-9H2,1-3H3,(H,17,21)(H,19,20)/t10-/m0/s1. The van der Waals surface area contributed by atoms with Crippen molar-refractivity contribution in [1.82, 2.24) is 10.2 Å². The number of aliphatic carboxylic acids is 1. The summed E-state index contributed by atoms with van der Waals surface area (Å²) in [7, 11) is 0. The van der Waals surface area contributed by atoms with E-state index in [0.29, 0.717) is 13.0 Å². The van der Waals surface area contributed by atoms with Crippen LogP contribution in [0.1, 0.15) is 40.0 Å². The molecule has 0 bridgehead atoms. The minimum absolute atomic E-state index is 0.0463. The van der Waals surface area contributed by atoms with Crippen LogP contribution in [0.15, 0.2) is 0 Å². The van der Waals surface area contributed by atoms with Crippen molar-refractivity contribution in [3.05, 3.63) is 0 Å². The monoisotopic (exact) mass is 322 g/mol. The number of ether oxygens (including phenoxy) is 1. The van der Waals surface area contributed by atoms with Gasteiger partial charge in [-0.2, -0.15) is 0 Å². The summed E-state index contributed by atoms with van der Waals surface area (Å²) in [6.45, 7) is 5.32. The average Bonchev–Trinajstić information content (AvgIpc) is 2.30. The van der Waals surface area contributed by atoms with Crippen molar-refractivity contribution in [2.45, 2.75) is 57.6 Å². The van der Waals surface area contributed by atoms with Crippen LogP contribution in [-0.4, -0.2) is 59.3 Å². The van der Waals surface area contributed by atoms with Gasteiger partial charge in [0.1, 0.15) is 11.6 Å². The molecule has 1 atom stereocenters. The molecule has 0 aromatic carbocycles. The van der Waals surface area contributed by atoms with E-state index in [-0.39, 0.29) is 25.9 Å². The van der Waals surface area contributed by atoms with Crippen LogP contribution in [0, 0.1) is 0 Å². The summed E-state index contributed by atoms with van der Waals surface area (Å²) >= 11 is 0. The van der Waals surface area contributed by atoms with Crippen molar-refractivity contribution in [3.63, 3.8) is 0 Å². The van der Waals surface area contributed by atoms with Gasteiger partial charge in [-0.25, -0.2) is 18.4 Å². The Morgan fingerprint density at radius 2 is 2.05 bits per heavy atom. The molecule has 1 amide bonds. The molecule has 1 saturated heterocycles. The van der Waals surface area contributed by atoms with E-state index in [4.69, 9.17) is 9.84 Å². The summed E-state index contributed by atoms with van der Waals surface area (Å²) in [5, 5.41) is 11.4. The molecule has 1 heterocycles. The lowest BCUT2D eigenvalue weighted by Crippen LogP contribution is -2.47. The number of carbonyl (C=O) groups excluding carboxylic acids is 1. The maximum Gasteiger partial charge on any atom is 0.408 e. The summed E-state index contributed by atoms with van der Waals surface area (Å²) in [4.78, 5) is 24.3. The Bertz CT molecular complexity index is 410. The van der Waals surface area contributed by atoms with Crippen molar-refractivity contribution in [2.75, 3.05) is 19.6 Å². The Morgan fingerprint density at radius 1 is 1.41 bits per heavy atom. The fourth-order valence-electron chi connectivity index (χ4n) is 2.26. The number of nitrogens with one attached hydrogen (secondary N) is 1. The molecule has 0 radical (unpaired) electrons. The lowest BCUT2D eigenvalue weighted by molar-refractivity contribution is -0.139. The Hall–Kier alpha value is -1.44. The van der Waals surface area contributed by atoms with Gasteiger partial charge in [0.2, 0.25) is 0 Å². The first kappa shape index (κ1) is 18.6. The number of carboxylic acids is 1. The first-order chi connectivity index (χ1) is 9.98. The molecule has 1 aliphatic rings. The van der Waals surface area contributed by atoms with E-state index in [1.807, 2.05) is 0 Å². The van der Waals surface area contributed by atoms with Gasteiger partial charge < -0.3 is 15.2 Å². The van der Waals surface area contributed by atoms with Crippen LogP contribution >= 0.6 is 0 Å². The third-order valence-corrected chi connectivity index (χ3v) is 3.19. The summed E-state index contributed by atoms with van der Waals surface area (Å²) in [6.07, 6.45) is -0.541. The molecule has 8 heteroatoms. The van der Waals surface area contributed by atoms with Crippen molar-refractivity contribution in [3.8, 4) is 0 Å². The van der Waals surface area contributed by atoms with Crippen molar-refractivity contribution >= 4 is 12.1 Å². The summed E-state index contributed by atoms with van der Waals surface area (Å²) in [6, 6.07) is -1.16. The largest absolute Gasteiger partial charge is 0.480 e. The molecule has 0 aromatic heterocycles. The van der Waals surface area contributed by atoms with Gasteiger partial charge in [-0.15, -0.1) is 0 Å². The van der Waals surface area contributed by atoms with Crippen LogP contribution in [0.2, 0.25) is 0 Å². The topological polar surface area (TPSA) is 78.9 Å². The molecule has 0 saturated carbocycles. The number of hydrogen-bond donors (Lipinski definition) is 2. The van der Waals surface area contributed by atoms with E-state index in [2.05, 4.69) is 5.32 Å². The van der Waals surface area contributed by atoms with Gasteiger partial charge in [-0.05, 0) is 40.2 Å². The highest BCUT2D eigenvalue weighted by Gasteiger charge is 2.35. The molecule has 0 unspecified atom stereocenters. The highest BCUT2D eigenvalue weighted by Crippen LogP contribution is 2.26. The molecule has 1 fully saturated rings. The van der Waals surface area contributed by atoms with Crippen molar-refractivity contribution < 1.29 is 28.2 Å². The van der Waals surface area contributed by atoms with E-state index < -0.39 is 29.6 Å². The molecule has 0 spiro atoms. The number of piperidine rings is 1. The minimum atomic E-state index is -2.73. The third kappa shape index (κ3) is 7.02. The molecule has 2 N–H and O–H groups in total. The number of alkyl carbamates (subject to hydrolysis) is 1. The predicted octanol–water partition coefficient (Wildman–Crippen LogP) is 2.09. The van der Waals surface area contributed by atoms with Crippen LogP contribution in [0.5, 0.6) is 0 Å². The zero-order chi connectivity index (χ0) is 17.0. The molecule has 128 valence electrons. The Labute approximate surface area is 128 Å². The van der Waals surface area contributed by atoms with E-state index in [1.54, 1.807) is 20.8 Å². The van der Waals surface area contributed by atoms with Crippen LogP contribution in [0.3, 0.4) is 0 Å². The molecular weight excluding hydrogens is 298 g/mol. The molecule has 1 aliphatic heterocycles. The minimum Gasteiger partial charge on any atom is -0.480 e. The van der Waals surface area contributed by atoms with Gasteiger partial charge in [0.25, 0.3) is 5.92 Å². The van der Waals surface area contributed by atoms with Gasteiger partial charge in [-0.1, -0.05) is 0 Å². The number of halogens is 2. The molecular formula is C14H24F2N2O4. The Morgan fingerprint density at radius 3 is 2.55 bits per heavy atom. The van der Waals surface area contributed by atoms with Crippen LogP contribution in [0.4, 0.5) is 13.6 Å². The van der Waals surface area contributed by atoms with Gasteiger partial charge in [0.05, 0.1) is 6.54 Å². The maximum atomic E-state index is 13.3. The fourth-order valence-corrected chi connectivity index (χ4v) is 2.26. The first-order valence-corrected chi connectivity index (χ1v) is 7.31. The highest BCUT2D eigenvalue weighted by molar-refractivity contribution is 5.79. The van der Waals surface area contributed by atoms with Crippen LogP contribution in [-0.2, 0) is 9.53 Å². The van der Waals surface area contributed by atoms with Crippen LogP contribution in [0.25, 0.3) is 0 Å². The van der Waals surface area contributed by atoms with Crippen molar-refractivity contribution in [2.24, 2.45) is 0 Å². The number of likely N-dealkylation sites (tertiary alicyclic amines) is 1. The summed E-state index contributed by atoms with van der Waals surface area (Å²) in [5.74, 6) is -3.94. The van der Waals surface area contributed by atoms with E-state index in [0.717, 1.165) is 0 Å². The van der Waals surface area contributed by atoms with E-state index >= 15 is 0 Å². The quantitative estimate of drug-likeness (QED) is 0.810. The summed E-state index contributed by atoms with van der Waals surface area (Å²) < 4.78 is 31.6. The number of carboxylic acid groups (broad SMARTS) is 1. The molecule has 6 nitrogen and oxygen atoms in total. The zero-order valence-corrected chi connectivity index (χ0v) is 13.2. The van der Waals surface area contributed by atoms with E-state index in [1.165, 1.54) is 4.90 Å². The van der Waals surface area contributed by atoms with Gasteiger partial charge in [0, 0.05) is 13.0 Å². The first-order valence-electron chi connectivity index (χ1n) is 7.31. The second kappa shape index (κ2) is 7.21. The maximum absolute atomic E-state index is 13.3. The SMILES string of the molecule is CC(C)(C)OC(=O)N[C@@H](CCN1CCCC(F)(F)C1)C(=O)O. The fraction of sp³-hybridized carbons (Fsp3) is 0.857. The second-order valence-electron chi connectivity index (χ2n) is 6.56. The van der Waals surface area contributed by atoms with Gasteiger partial charge in [0.15, 0.2) is 0 Å². The van der Waals surface area contributed by atoms with E-state index in [9.17, 15) is 18.4 Å². The lowest BCUT2D eigenvalue weighted by atomic mass is 10.1. The predicted molar refractivity (Wildman–Crippen MR) is 76.0 cm³/mol. The molecule has 0 aromatic rings. The third-order valence-electron chi connectivity index (χ3n) is 3.19. The molecule has 22 heavy (non-hydrogen) atoms. The zero-order valence-electron chi connectivity index (χ0n) is 13.2. The molecule has 1 rings (SSSR count). The van der Waals surface area contributed by atoms with Gasteiger partial charge in [-0.3, -0.25) is 4.90 Å². The smallest absolute Gasteiger partial charge is 0.408 e. The highest BCUT2D eigenvalue weighted by atomic mass is 19.3. The second-order valence-corrected chi connectivity index (χ2v) is 6.56. The average molecular weight is 322 g/mol. The molecule has 0 aliphatic carbocycles. The number of amides is 1. The number of nitrogens with zero attached hydrogens (tertiary/aromatic N) is 1. The summed E-state index contributed by atoms with van der Waals surface area (Å²) in [5.41, 5.74) is -0.734. The Balaban J connectivity index is 2.48. The normalized spacial score (nSPS) is 20.2. The van der Waals surface area contributed by atoms with Crippen LogP contribution < -0.4 is 5.32 Å². The lowest BCUT2D eigenvalue weighted by Gasteiger charge is -2.33. The number of hydrogen-bond acceptors (Lipinski definition) is 4. The van der Waals surface area contributed by atoms with Gasteiger partial charge >= 0.3 is 12.1 Å². The number of alkyl halides is 2.